The minimum atomic E-state index is 0.0235. The number of rotatable bonds is 3. The number of nitrogens with two attached hydrogens (primary N) is 1. The van der Waals surface area contributed by atoms with Crippen LogP contribution >= 0.6 is 11.3 Å². The summed E-state index contributed by atoms with van der Waals surface area (Å²) in [5.74, 6) is 0. The van der Waals surface area contributed by atoms with Crippen LogP contribution in [0.4, 0.5) is 0 Å². The predicted octanol–water partition coefficient (Wildman–Crippen LogP) is 1.74. The van der Waals surface area contributed by atoms with Crippen molar-refractivity contribution in [1.82, 2.24) is 14.8 Å². The van der Waals surface area contributed by atoms with Gasteiger partial charge in [-0.1, -0.05) is 0 Å². The topological polar surface area (TPSA) is 56.7 Å². The molecule has 5 heteroatoms. The van der Waals surface area contributed by atoms with Crippen LogP contribution < -0.4 is 5.73 Å². The smallest absolute Gasteiger partial charge is 0.0900 e. The van der Waals surface area contributed by atoms with Crippen molar-refractivity contribution in [2.75, 3.05) is 0 Å². The van der Waals surface area contributed by atoms with Gasteiger partial charge in [-0.25, -0.2) is 4.98 Å². The first-order valence-corrected chi connectivity index (χ1v) is 6.05. The highest BCUT2D eigenvalue weighted by Crippen LogP contribution is 2.25. The molecule has 0 saturated carbocycles. The molecule has 1 atom stereocenters. The van der Waals surface area contributed by atoms with Crippen molar-refractivity contribution >= 4 is 11.3 Å². The van der Waals surface area contributed by atoms with Gasteiger partial charge in [0.25, 0.3) is 0 Å². The van der Waals surface area contributed by atoms with Gasteiger partial charge in [-0.15, -0.1) is 11.3 Å². The monoisotopic (exact) mass is 236 g/mol. The molecule has 0 aliphatic carbocycles. The van der Waals surface area contributed by atoms with Crippen molar-refractivity contribution in [2.24, 2.45) is 12.8 Å². The fraction of sp³-hybridized carbons (Fsp3) is 0.455. The molecule has 2 rings (SSSR count). The first kappa shape index (κ1) is 11.3. The minimum Gasteiger partial charge on any atom is -0.323 e. The zero-order valence-corrected chi connectivity index (χ0v) is 10.6. The van der Waals surface area contributed by atoms with Gasteiger partial charge in [0.05, 0.1) is 16.9 Å². The number of aromatic nitrogens is 3. The zero-order chi connectivity index (χ0) is 11.7. The Morgan fingerprint density at radius 2 is 2.25 bits per heavy atom. The molecular formula is C11H16N4S. The summed E-state index contributed by atoms with van der Waals surface area (Å²) in [6.07, 6.45) is 4.68. The lowest BCUT2D eigenvalue weighted by Crippen LogP contribution is -2.12. The van der Waals surface area contributed by atoms with Gasteiger partial charge in [-0.3, -0.25) is 4.68 Å². The van der Waals surface area contributed by atoms with E-state index in [2.05, 4.69) is 10.1 Å². The van der Waals surface area contributed by atoms with Crippen LogP contribution in [0.5, 0.6) is 0 Å². The SMILES string of the molecule is Cc1nc(C)c(C(N)Cc2cnn(C)c2)s1. The van der Waals surface area contributed by atoms with E-state index in [0.29, 0.717) is 0 Å². The Bertz CT molecular complexity index is 486. The standard InChI is InChI=1S/C11H16N4S/c1-7-11(16-8(2)14-7)10(12)4-9-5-13-15(3)6-9/h5-6,10H,4,12H2,1-3H3. The van der Waals surface area contributed by atoms with Crippen molar-refractivity contribution in [3.63, 3.8) is 0 Å². The van der Waals surface area contributed by atoms with Crippen LogP contribution in [0.15, 0.2) is 12.4 Å². The number of aryl methyl sites for hydroxylation is 3. The van der Waals surface area contributed by atoms with E-state index in [1.807, 2.05) is 33.3 Å². The second-order valence-electron chi connectivity index (χ2n) is 4.02. The molecule has 16 heavy (non-hydrogen) atoms. The molecule has 0 bridgehead atoms. The molecule has 2 N–H and O–H groups in total. The van der Waals surface area contributed by atoms with Crippen molar-refractivity contribution < 1.29 is 0 Å². The molecule has 0 aliphatic rings. The second-order valence-corrected chi connectivity index (χ2v) is 5.25. The van der Waals surface area contributed by atoms with E-state index in [1.165, 1.54) is 10.4 Å². The van der Waals surface area contributed by atoms with Gasteiger partial charge in [0, 0.05) is 24.2 Å². The van der Waals surface area contributed by atoms with Crippen molar-refractivity contribution in [3.8, 4) is 0 Å². The van der Waals surface area contributed by atoms with Crippen LogP contribution in [0.1, 0.15) is 27.2 Å². The fourth-order valence-electron chi connectivity index (χ4n) is 1.81. The van der Waals surface area contributed by atoms with Gasteiger partial charge in [0.15, 0.2) is 0 Å². The lowest BCUT2D eigenvalue weighted by atomic mass is 10.1. The number of hydrogen-bond acceptors (Lipinski definition) is 4. The Balaban J connectivity index is 2.14. The van der Waals surface area contributed by atoms with E-state index in [4.69, 9.17) is 5.73 Å². The Labute approximate surface area is 99.1 Å². The minimum absolute atomic E-state index is 0.0235. The van der Waals surface area contributed by atoms with Gasteiger partial charge in [0.2, 0.25) is 0 Å². The maximum Gasteiger partial charge on any atom is 0.0900 e. The molecular weight excluding hydrogens is 220 g/mol. The summed E-state index contributed by atoms with van der Waals surface area (Å²) >= 11 is 1.69. The van der Waals surface area contributed by atoms with E-state index in [9.17, 15) is 0 Å². The van der Waals surface area contributed by atoms with Gasteiger partial charge >= 0.3 is 0 Å². The van der Waals surface area contributed by atoms with Gasteiger partial charge < -0.3 is 5.73 Å². The number of hydrogen-bond donors (Lipinski definition) is 1. The summed E-state index contributed by atoms with van der Waals surface area (Å²) in [5.41, 5.74) is 8.41. The van der Waals surface area contributed by atoms with Crippen LogP contribution in [0.25, 0.3) is 0 Å². The largest absolute Gasteiger partial charge is 0.323 e. The first-order valence-electron chi connectivity index (χ1n) is 5.23. The highest BCUT2D eigenvalue weighted by Gasteiger charge is 2.14. The molecule has 2 aromatic heterocycles. The van der Waals surface area contributed by atoms with Crippen LogP contribution in [-0.4, -0.2) is 14.8 Å². The van der Waals surface area contributed by atoms with E-state index < -0.39 is 0 Å². The molecule has 2 heterocycles. The molecule has 0 radical (unpaired) electrons. The Morgan fingerprint density at radius 3 is 2.75 bits per heavy atom. The average molecular weight is 236 g/mol. The second kappa shape index (κ2) is 4.35. The maximum absolute atomic E-state index is 6.18. The van der Waals surface area contributed by atoms with Crippen LogP contribution in [-0.2, 0) is 13.5 Å². The molecule has 0 spiro atoms. The summed E-state index contributed by atoms with van der Waals surface area (Å²) in [4.78, 5) is 5.58. The lowest BCUT2D eigenvalue weighted by molar-refractivity contribution is 0.725. The highest BCUT2D eigenvalue weighted by molar-refractivity contribution is 7.11. The van der Waals surface area contributed by atoms with Crippen LogP contribution in [0, 0.1) is 13.8 Å². The molecule has 1 unspecified atom stereocenters. The molecule has 0 amide bonds. The van der Waals surface area contributed by atoms with Crippen molar-refractivity contribution in [2.45, 2.75) is 26.3 Å². The zero-order valence-electron chi connectivity index (χ0n) is 9.77. The van der Waals surface area contributed by atoms with E-state index in [-0.39, 0.29) is 6.04 Å². The van der Waals surface area contributed by atoms with E-state index in [0.717, 1.165) is 17.1 Å². The van der Waals surface area contributed by atoms with Crippen molar-refractivity contribution in [1.29, 1.82) is 0 Å². The highest BCUT2D eigenvalue weighted by atomic mass is 32.1. The van der Waals surface area contributed by atoms with E-state index >= 15 is 0 Å². The normalized spacial score (nSPS) is 13.0. The van der Waals surface area contributed by atoms with Gasteiger partial charge in [-0.05, 0) is 25.8 Å². The summed E-state index contributed by atoms with van der Waals surface area (Å²) in [5, 5.41) is 5.22. The first-order chi connectivity index (χ1) is 7.56. The molecule has 0 aliphatic heterocycles. The maximum atomic E-state index is 6.18. The van der Waals surface area contributed by atoms with E-state index in [1.54, 1.807) is 16.0 Å². The fourth-order valence-corrected chi connectivity index (χ4v) is 2.74. The van der Waals surface area contributed by atoms with Crippen molar-refractivity contribution in [3.05, 3.63) is 33.5 Å². The third-order valence-electron chi connectivity index (χ3n) is 2.49. The Kier molecular flexibility index (Phi) is 3.07. The lowest BCUT2D eigenvalue weighted by Gasteiger charge is -2.08. The third kappa shape index (κ3) is 2.31. The quantitative estimate of drug-likeness (QED) is 0.883. The number of thiazole rings is 1. The molecule has 0 aromatic carbocycles. The molecule has 0 fully saturated rings. The van der Waals surface area contributed by atoms with Gasteiger partial charge in [0.1, 0.15) is 0 Å². The summed E-state index contributed by atoms with van der Waals surface area (Å²) in [6, 6.07) is 0.0235. The van der Waals surface area contributed by atoms with Crippen LogP contribution in [0.2, 0.25) is 0 Å². The molecule has 4 nitrogen and oxygen atoms in total. The summed E-state index contributed by atoms with van der Waals surface area (Å²) < 4.78 is 1.80. The van der Waals surface area contributed by atoms with Gasteiger partial charge in [-0.2, -0.15) is 5.10 Å². The predicted molar refractivity (Wildman–Crippen MR) is 65.4 cm³/mol. The summed E-state index contributed by atoms with van der Waals surface area (Å²) in [6.45, 7) is 4.03. The molecule has 2 aromatic rings. The summed E-state index contributed by atoms with van der Waals surface area (Å²) in [7, 11) is 1.91. The van der Waals surface area contributed by atoms with Crippen LogP contribution in [0.3, 0.4) is 0 Å². The number of nitrogens with zero attached hydrogens (tertiary/aromatic N) is 3. The average Bonchev–Trinajstić information content (AvgIpc) is 2.73. The Hall–Kier alpha value is -1.20. The third-order valence-corrected chi connectivity index (χ3v) is 3.69. The molecule has 0 saturated heterocycles. The molecule has 86 valence electrons. The Morgan fingerprint density at radius 1 is 1.50 bits per heavy atom.